The Morgan fingerprint density at radius 3 is 2.47 bits per heavy atom. The molecule has 10 heteroatoms. The average molecular weight is 541 g/mol. The molecule has 1 amide bonds. The number of halogens is 1. The van der Waals surface area contributed by atoms with Gasteiger partial charge in [0.2, 0.25) is 10.0 Å². The first-order valence-electron chi connectivity index (χ1n) is 11.7. The van der Waals surface area contributed by atoms with Crippen molar-refractivity contribution in [2.24, 2.45) is 0 Å². The first-order valence-corrected chi connectivity index (χ1v) is 14.4. The normalized spacial score (nSPS) is 14.7. The molecule has 5 rings (SSSR count). The standard InChI is InChI=1S/C26H25ClN4O3S2/c1-18-8-13-22(27)24-23(18)29-26(35-24)31(17-20-7-3-4-14-28-20)25(32)19-9-11-21(12-10-19)36(33,34)30-15-5-2-6-16-30/h3-4,7-14H,2,5-6,15-17H2,1H3. The zero-order chi connectivity index (χ0) is 25.3. The number of carbonyl (C=O) groups excluding carboxylic acids is 1. The van der Waals surface area contributed by atoms with Crippen molar-refractivity contribution in [3.05, 3.63) is 82.6 Å². The topological polar surface area (TPSA) is 83.5 Å². The lowest BCUT2D eigenvalue weighted by molar-refractivity contribution is 0.0984. The number of hydrogen-bond acceptors (Lipinski definition) is 6. The van der Waals surface area contributed by atoms with E-state index in [2.05, 4.69) is 4.98 Å². The van der Waals surface area contributed by atoms with E-state index in [9.17, 15) is 13.2 Å². The summed E-state index contributed by atoms with van der Waals surface area (Å²) in [5.41, 5.74) is 2.79. The van der Waals surface area contributed by atoms with E-state index < -0.39 is 10.0 Å². The van der Waals surface area contributed by atoms with Gasteiger partial charge in [0.1, 0.15) is 0 Å². The summed E-state index contributed by atoms with van der Waals surface area (Å²) < 4.78 is 28.4. The van der Waals surface area contributed by atoms with Gasteiger partial charge in [0.05, 0.1) is 32.4 Å². The molecule has 2 aromatic heterocycles. The van der Waals surface area contributed by atoms with E-state index in [0.29, 0.717) is 34.5 Å². The summed E-state index contributed by atoms with van der Waals surface area (Å²) in [6, 6.07) is 15.4. The van der Waals surface area contributed by atoms with Crippen LogP contribution in [0.15, 0.2) is 65.7 Å². The van der Waals surface area contributed by atoms with Crippen LogP contribution in [-0.2, 0) is 16.6 Å². The number of hydrogen-bond donors (Lipinski definition) is 0. The molecule has 0 spiro atoms. The van der Waals surface area contributed by atoms with Crippen LogP contribution in [0.3, 0.4) is 0 Å². The predicted octanol–water partition coefficient (Wildman–Crippen LogP) is 5.67. The largest absolute Gasteiger partial charge is 0.278 e. The van der Waals surface area contributed by atoms with Crippen LogP contribution in [-0.4, -0.2) is 41.7 Å². The monoisotopic (exact) mass is 540 g/mol. The molecule has 3 heterocycles. The Bertz CT molecular complexity index is 1460. The molecule has 186 valence electrons. The SMILES string of the molecule is Cc1ccc(Cl)c2sc(N(Cc3ccccn3)C(=O)c3ccc(S(=O)(=O)N4CCCCC4)cc3)nc12. The number of amides is 1. The van der Waals surface area contributed by atoms with E-state index in [-0.39, 0.29) is 17.3 Å². The van der Waals surface area contributed by atoms with Crippen molar-refractivity contribution in [2.45, 2.75) is 37.6 Å². The first kappa shape index (κ1) is 24.8. The second kappa shape index (κ2) is 10.3. The molecule has 0 saturated carbocycles. The molecule has 0 bridgehead atoms. The Kier molecular flexibility index (Phi) is 7.07. The maximum Gasteiger partial charge on any atom is 0.260 e. The van der Waals surface area contributed by atoms with E-state index in [1.54, 1.807) is 23.2 Å². The molecule has 0 aliphatic carbocycles. The van der Waals surface area contributed by atoms with Crippen molar-refractivity contribution in [3.63, 3.8) is 0 Å². The Labute approximate surface area is 219 Å². The van der Waals surface area contributed by atoms with Crippen LogP contribution in [0.1, 0.15) is 40.9 Å². The summed E-state index contributed by atoms with van der Waals surface area (Å²) in [7, 11) is -3.58. The van der Waals surface area contributed by atoms with Gasteiger partial charge in [-0.1, -0.05) is 41.5 Å². The van der Waals surface area contributed by atoms with Crippen LogP contribution < -0.4 is 4.90 Å². The van der Waals surface area contributed by atoms with Crippen LogP contribution in [0.4, 0.5) is 5.13 Å². The number of anilines is 1. The molecule has 0 atom stereocenters. The van der Waals surface area contributed by atoms with Gasteiger partial charge in [0.15, 0.2) is 5.13 Å². The molecule has 36 heavy (non-hydrogen) atoms. The summed E-state index contributed by atoms with van der Waals surface area (Å²) in [5, 5.41) is 1.08. The highest BCUT2D eigenvalue weighted by Crippen LogP contribution is 2.36. The number of aromatic nitrogens is 2. The molecule has 2 aromatic carbocycles. The van der Waals surface area contributed by atoms with Crippen molar-refractivity contribution in [2.75, 3.05) is 18.0 Å². The Hall–Kier alpha value is -2.85. The quantitative estimate of drug-likeness (QED) is 0.314. The van der Waals surface area contributed by atoms with Gasteiger partial charge in [-0.25, -0.2) is 13.4 Å². The van der Waals surface area contributed by atoms with Crippen molar-refractivity contribution in [3.8, 4) is 0 Å². The molecule has 1 aliphatic heterocycles. The first-order chi connectivity index (χ1) is 17.3. The van der Waals surface area contributed by atoms with Crippen molar-refractivity contribution >= 4 is 54.2 Å². The lowest BCUT2D eigenvalue weighted by Crippen LogP contribution is -2.35. The lowest BCUT2D eigenvalue weighted by atomic mass is 10.2. The molecular formula is C26H25ClN4O3S2. The van der Waals surface area contributed by atoms with Gasteiger partial charge in [-0.2, -0.15) is 4.31 Å². The zero-order valence-electron chi connectivity index (χ0n) is 19.7. The number of benzene rings is 2. The van der Waals surface area contributed by atoms with E-state index in [0.717, 1.165) is 35.0 Å². The summed E-state index contributed by atoms with van der Waals surface area (Å²) in [4.78, 5) is 24.6. The Morgan fingerprint density at radius 2 is 1.81 bits per heavy atom. The minimum Gasteiger partial charge on any atom is -0.278 e. The highest BCUT2D eigenvalue weighted by Gasteiger charge is 2.27. The molecule has 0 unspecified atom stereocenters. The minimum absolute atomic E-state index is 0.194. The van der Waals surface area contributed by atoms with Crippen LogP contribution in [0.2, 0.25) is 5.02 Å². The van der Waals surface area contributed by atoms with Gasteiger partial charge < -0.3 is 0 Å². The van der Waals surface area contributed by atoms with E-state index in [1.165, 1.54) is 27.8 Å². The number of carbonyl (C=O) groups is 1. The molecular weight excluding hydrogens is 516 g/mol. The van der Waals surface area contributed by atoms with E-state index >= 15 is 0 Å². The third-order valence-electron chi connectivity index (χ3n) is 6.26. The smallest absolute Gasteiger partial charge is 0.260 e. The molecule has 1 saturated heterocycles. The number of aryl methyl sites for hydroxylation is 1. The van der Waals surface area contributed by atoms with Gasteiger partial charge in [-0.05, 0) is 67.8 Å². The number of piperidine rings is 1. The summed E-state index contributed by atoms with van der Waals surface area (Å²) >= 11 is 7.77. The van der Waals surface area contributed by atoms with Crippen molar-refractivity contribution in [1.82, 2.24) is 14.3 Å². The molecule has 4 aromatic rings. The van der Waals surface area contributed by atoms with Crippen molar-refractivity contribution in [1.29, 1.82) is 0 Å². The fraction of sp³-hybridized carbons (Fsp3) is 0.269. The van der Waals surface area contributed by atoms with Gasteiger partial charge in [0.25, 0.3) is 5.91 Å². The molecule has 1 fully saturated rings. The summed E-state index contributed by atoms with van der Waals surface area (Å²) in [5.74, 6) is -0.296. The number of thiazole rings is 1. The number of rotatable bonds is 6. The third-order valence-corrected chi connectivity index (χ3v) is 9.71. The maximum atomic E-state index is 13.7. The van der Waals surface area contributed by atoms with Gasteiger partial charge in [-0.3, -0.25) is 14.7 Å². The van der Waals surface area contributed by atoms with Crippen molar-refractivity contribution < 1.29 is 13.2 Å². The number of sulfonamides is 1. The van der Waals surface area contributed by atoms with Crippen LogP contribution >= 0.6 is 22.9 Å². The number of nitrogens with zero attached hydrogens (tertiary/aromatic N) is 4. The molecule has 0 radical (unpaired) electrons. The molecule has 1 aliphatic rings. The fourth-order valence-electron chi connectivity index (χ4n) is 4.27. The van der Waals surface area contributed by atoms with Gasteiger partial charge in [-0.15, -0.1) is 0 Å². The molecule has 0 N–H and O–H groups in total. The molecule has 7 nitrogen and oxygen atoms in total. The lowest BCUT2D eigenvalue weighted by Gasteiger charge is -2.26. The maximum absolute atomic E-state index is 13.7. The highest BCUT2D eigenvalue weighted by atomic mass is 35.5. The fourth-order valence-corrected chi connectivity index (χ4v) is 7.10. The highest BCUT2D eigenvalue weighted by molar-refractivity contribution is 7.89. The summed E-state index contributed by atoms with van der Waals surface area (Å²) in [6.07, 6.45) is 4.45. The average Bonchev–Trinajstić information content (AvgIpc) is 3.37. The van der Waals surface area contributed by atoms with E-state index in [4.69, 9.17) is 16.6 Å². The van der Waals surface area contributed by atoms with E-state index in [1.807, 2.05) is 37.3 Å². The summed E-state index contributed by atoms with van der Waals surface area (Å²) in [6.45, 7) is 3.22. The van der Waals surface area contributed by atoms with Gasteiger partial charge in [0, 0.05) is 24.8 Å². The minimum atomic E-state index is -3.58. The Morgan fingerprint density at radius 1 is 1.06 bits per heavy atom. The van der Waals surface area contributed by atoms with Gasteiger partial charge >= 0.3 is 0 Å². The van der Waals surface area contributed by atoms with Crippen LogP contribution in [0, 0.1) is 6.92 Å². The van der Waals surface area contributed by atoms with Crippen LogP contribution in [0.5, 0.6) is 0 Å². The number of fused-ring (bicyclic) bond motifs is 1. The second-order valence-electron chi connectivity index (χ2n) is 8.74. The third kappa shape index (κ3) is 4.88. The second-order valence-corrected chi connectivity index (χ2v) is 12.1. The number of pyridine rings is 1. The Balaban J connectivity index is 1.49. The predicted molar refractivity (Wildman–Crippen MR) is 143 cm³/mol. The van der Waals surface area contributed by atoms with Crippen LogP contribution in [0.25, 0.3) is 10.2 Å². The zero-order valence-corrected chi connectivity index (χ0v) is 22.1.